The summed E-state index contributed by atoms with van der Waals surface area (Å²) in [4.78, 5) is 14.6. The number of morpholine rings is 1. The first-order valence-electron chi connectivity index (χ1n) is 9.40. The van der Waals surface area contributed by atoms with Crippen LogP contribution >= 0.6 is 0 Å². The Kier molecular flexibility index (Phi) is 5.18. The highest BCUT2D eigenvalue weighted by molar-refractivity contribution is 7.92. The Bertz CT molecular complexity index is 1160. The molecule has 1 saturated heterocycles. The smallest absolute Gasteiger partial charge is 0.215 e. The summed E-state index contributed by atoms with van der Waals surface area (Å²) in [5, 5.41) is 0.935. The molecule has 1 fully saturated rings. The molecule has 3 aromatic heterocycles. The van der Waals surface area contributed by atoms with Crippen LogP contribution in [0.3, 0.4) is 0 Å². The van der Waals surface area contributed by atoms with Crippen LogP contribution in [0, 0.1) is 0 Å². The summed E-state index contributed by atoms with van der Waals surface area (Å²) in [5.74, 6) is 0.945. The van der Waals surface area contributed by atoms with Gasteiger partial charge in [0.1, 0.15) is 5.65 Å². The van der Waals surface area contributed by atoms with Crippen molar-refractivity contribution in [1.82, 2.24) is 15.0 Å². The van der Waals surface area contributed by atoms with Crippen LogP contribution in [0.25, 0.3) is 22.3 Å². The minimum Gasteiger partial charge on any atom is -0.481 e. The highest BCUT2D eigenvalue weighted by Crippen LogP contribution is 2.34. The monoisotopic (exact) mass is 415 g/mol. The molecule has 8 nitrogen and oxygen atoms in total. The van der Waals surface area contributed by atoms with E-state index < -0.39 is 9.73 Å². The van der Waals surface area contributed by atoms with Gasteiger partial charge >= 0.3 is 0 Å². The molecule has 1 unspecified atom stereocenters. The molecule has 4 heterocycles. The molecule has 29 heavy (non-hydrogen) atoms. The van der Waals surface area contributed by atoms with Crippen LogP contribution in [-0.4, -0.2) is 64.6 Å². The van der Waals surface area contributed by atoms with Crippen LogP contribution in [0.15, 0.2) is 34.8 Å². The van der Waals surface area contributed by atoms with Crippen molar-refractivity contribution in [3.8, 4) is 17.1 Å². The summed E-state index contributed by atoms with van der Waals surface area (Å²) in [5.41, 5.74) is 3.31. The molecule has 9 heteroatoms. The number of fused-ring (bicyclic) bond motifs is 1. The summed E-state index contributed by atoms with van der Waals surface area (Å²) >= 11 is 0. The number of aromatic amines is 1. The van der Waals surface area contributed by atoms with Crippen molar-refractivity contribution in [1.29, 1.82) is 0 Å². The SMILES string of the molecule is COc1cc(-c2cc(N3CCOCC3C)cc(N=S(C)(C)=O)n2)c2cc[nH]c2n1. The molecule has 1 aliphatic rings. The van der Waals surface area contributed by atoms with Crippen LogP contribution in [0.1, 0.15) is 6.92 Å². The van der Waals surface area contributed by atoms with Crippen molar-refractivity contribution in [2.75, 3.05) is 44.3 Å². The van der Waals surface area contributed by atoms with Gasteiger partial charge in [-0.25, -0.2) is 9.19 Å². The van der Waals surface area contributed by atoms with Crippen LogP contribution in [0.2, 0.25) is 0 Å². The lowest BCUT2D eigenvalue weighted by Crippen LogP contribution is -2.43. The van der Waals surface area contributed by atoms with E-state index in [1.807, 2.05) is 30.5 Å². The molecule has 0 amide bonds. The van der Waals surface area contributed by atoms with Gasteiger partial charge in [-0.15, -0.1) is 0 Å². The van der Waals surface area contributed by atoms with Gasteiger partial charge in [-0.05, 0) is 19.1 Å². The standard InChI is InChI=1S/C20H25N5O3S/c1-13-12-28-8-7-25(13)14-9-17(22-18(10-14)24-29(3,4)26)16-11-19(27-2)23-20-15(16)5-6-21-20/h5-6,9-11,13H,7-8,12H2,1-4H3,(H,21,23). The molecule has 0 bridgehead atoms. The number of pyridine rings is 2. The van der Waals surface area contributed by atoms with Gasteiger partial charge < -0.3 is 19.4 Å². The number of methoxy groups -OCH3 is 1. The Morgan fingerprint density at radius 3 is 2.86 bits per heavy atom. The minimum absolute atomic E-state index is 0.221. The number of nitrogens with zero attached hydrogens (tertiary/aromatic N) is 4. The summed E-state index contributed by atoms with van der Waals surface area (Å²) in [6, 6.07) is 7.98. The van der Waals surface area contributed by atoms with Crippen molar-refractivity contribution < 1.29 is 13.7 Å². The Morgan fingerprint density at radius 2 is 2.14 bits per heavy atom. The zero-order valence-electron chi connectivity index (χ0n) is 17.0. The van der Waals surface area contributed by atoms with Gasteiger partial charge in [0.25, 0.3) is 0 Å². The van der Waals surface area contributed by atoms with Crippen molar-refractivity contribution in [3.63, 3.8) is 0 Å². The summed E-state index contributed by atoms with van der Waals surface area (Å²) in [7, 11) is -0.768. The molecule has 0 aromatic carbocycles. The molecule has 0 saturated carbocycles. The molecule has 3 aromatic rings. The molecule has 0 radical (unpaired) electrons. The fourth-order valence-electron chi connectivity index (χ4n) is 3.52. The van der Waals surface area contributed by atoms with Gasteiger partial charge in [0.05, 0.1) is 26.0 Å². The molecule has 1 N–H and O–H groups in total. The largest absolute Gasteiger partial charge is 0.481 e. The summed E-state index contributed by atoms with van der Waals surface area (Å²) in [6.45, 7) is 4.22. The highest BCUT2D eigenvalue weighted by Gasteiger charge is 2.21. The predicted molar refractivity (Wildman–Crippen MR) is 116 cm³/mol. The first-order chi connectivity index (χ1) is 13.8. The zero-order valence-corrected chi connectivity index (χ0v) is 17.8. The molecule has 1 atom stereocenters. The number of H-pyrrole nitrogens is 1. The molecule has 1 aliphatic heterocycles. The van der Waals surface area contributed by atoms with Crippen molar-refractivity contribution in [2.45, 2.75) is 13.0 Å². The molecular formula is C20H25N5O3S. The third-order valence-electron chi connectivity index (χ3n) is 4.80. The van der Waals surface area contributed by atoms with E-state index >= 15 is 0 Å². The quantitative estimate of drug-likeness (QED) is 0.703. The summed E-state index contributed by atoms with van der Waals surface area (Å²) in [6.07, 6.45) is 5.06. The van der Waals surface area contributed by atoms with Crippen molar-refractivity contribution >= 4 is 32.3 Å². The van der Waals surface area contributed by atoms with Crippen molar-refractivity contribution in [2.24, 2.45) is 4.36 Å². The normalized spacial score (nSPS) is 17.5. The fourth-order valence-corrected chi connectivity index (χ4v) is 4.06. The lowest BCUT2D eigenvalue weighted by atomic mass is 10.1. The fraction of sp³-hybridized carbons (Fsp3) is 0.400. The summed E-state index contributed by atoms with van der Waals surface area (Å²) < 4.78 is 27.7. The molecule has 0 aliphatic carbocycles. The van der Waals surface area contributed by atoms with E-state index in [1.165, 1.54) is 0 Å². The first kappa shape index (κ1) is 19.7. The number of rotatable bonds is 4. The number of nitrogens with one attached hydrogen (secondary N) is 1. The van der Waals surface area contributed by atoms with Gasteiger partial charge in [-0.2, -0.15) is 9.35 Å². The number of hydrogen-bond acceptors (Lipinski definition) is 7. The van der Waals surface area contributed by atoms with Crippen LogP contribution in [0.5, 0.6) is 5.88 Å². The number of ether oxygens (including phenoxy) is 2. The Morgan fingerprint density at radius 1 is 1.31 bits per heavy atom. The van der Waals surface area contributed by atoms with E-state index in [9.17, 15) is 4.21 Å². The Balaban J connectivity index is 1.93. The average Bonchev–Trinajstić information content (AvgIpc) is 3.14. The predicted octanol–water partition coefficient (Wildman–Crippen LogP) is 3.22. The molecule has 4 rings (SSSR count). The van der Waals surface area contributed by atoms with E-state index in [1.54, 1.807) is 19.6 Å². The second-order valence-electron chi connectivity index (χ2n) is 7.41. The Hall–Kier alpha value is -2.65. The third-order valence-corrected chi connectivity index (χ3v) is 5.43. The van der Waals surface area contributed by atoms with Gasteiger partial charge in [-0.1, -0.05) is 0 Å². The maximum absolute atomic E-state index is 12.4. The number of aromatic nitrogens is 3. The van der Waals surface area contributed by atoms with E-state index in [0.717, 1.165) is 34.5 Å². The van der Waals surface area contributed by atoms with Crippen LogP contribution in [-0.2, 0) is 14.5 Å². The van der Waals surface area contributed by atoms with Crippen LogP contribution in [0.4, 0.5) is 11.5 Å². The topological polar surface area (TPSA) is 92.7 Å². The lowest BCUT2D eigenvalue weighted by Gasteiger charge is -2.35. The van der Waals surface area contributed by atoms with Gasteiger partial charge in [0.2, 0.25) is 5.88 Å². The van der Waals surface area contributed by atoms with E-state index in [-0.39, 0.29) is 6.04 Å². The van der Waals surface area contributed by atoms with E-state index in [4.69, 9.17) is 14.5 Å². The average molecular weight is 416 g/mol. The molecule has 0 spiro atoms. The van der Waals surface area contributed by atoms with E-state index in [2.05, 4.69) is 26.2 Å². The molecule has 154 valence electrons. The van der Waals surface area contributed by atoms with Gasteiger partial charge in [-0.3, -0.25) is 0 Å². The lowest BCUT2D eigenvalue weighted by molar-refractivity contribution is 0.0989. The highest BCUT2D eigenvalue weighted by atomic mass is 32.2. The number of anilines is 1. The van der Waals surface area contributed by atoms with E-state index in [0.29, 0.717) is 24.9 Å². The zero-order chi connectivity index (χ0) is 20.6. The minimum atomic E-state index is -2.36. The van der Waals surface area contributed by atoms with Gasteiger partial charge in [0, 0.05) is 69.8 Å². The maximum Gasteiger partial charge on any atom is 0.215 e. The molecular weight excluding hydrogens is 390 g/mol. The van der Waals surface area contributed by atoms with Crippen LogP contribution < -0.4 is 9.64 Å². The number of hydrogen-bond donors (Lipinski definition) is 1. The second kappa shape index (κ2) is 7.64. The second-order valence-corrected chi connectivity index (χ2v) is 9.96. The Labute approximate surface area is 170 Å². The third kappa shape index (κ3) is 4.20. The van der Waals surface area contributed by atoms with Crippen molar-refractivity contribution in [3.05, 3.63) is 30.5 Å². The first-order valence-corrected chi connectivity index (χ1v) is 11.7. The maximum atomic E-state index is 12.4. The van der Waals surface area contributed by atoms with Gasteiger partial charge in [0.15, 0.2) is 5.82 Å².